The number of rotatable bonds is 8. The molecule has 0 aliphatic heterocycles. The molecule has 172 valence electrons. The van der Waals surface area contributed by atoms with Gasteiger partial charge in [0.2, 0.25) is 0 Å². The van der Waals surface area contributed by atoms with Gasteiger partial charge in [0.25, 0.3) is 5.91 Å². The maximum atomic E-state index is 12.8. The normalized spacial score (nSPS) is 11.4. The molecule has 0 aliphatic carbocycles. The van der Waals surface area contributed by atoms with E-state index < -0.39 is 17.6 Å². The molecule has 9 heteroatoms. The van der Waals surface area contributed by atoms with Gasteiger partial charge in [0.1, 0.15) is 6.61 Å². The maximum Gasteiger partial charge on any atom is 0.416 e. The molecule has 0 saturated carbocycles. The van der Waals surface area contributed by atoms with E-state index in [1.165, 1.54) is 18.3 Å². The van der Waals surface area contributed by atoms with E-state index in [0.29, 0.717) is 34.7 Å². The molecule has 1 amide bonds. The van der Waals surface area contributed by atoms with Crippen LogP contribution in [0.2, 0.25) is 0 Å². The molecular weight excluding hydrogens is 501 g/mol. The van der Waals surface area contributed by atoms with Gasteiger partial charge >= 0.3 is 6.18 Å². The van der Waals surface area contributed by atoms with Crippen LogP contribution in [0.1, 0.15) is 34.0 Å². The van der Waals surface area contributed by atoms with Gasteiger partial charge in [-0.15, -0.1) is 0 Å². The van der Waals surface area contributed by atoms with Gasteiger partial charge in [-0.25, -0.2) is 5.43 Å². The van der Waals surface area contributed by atoms with Crippen molar-refractivity contribution in [3.05, 3.63) is 93.5 Å². The van der Waals surface area contributed by atoms with Gasteiger partial charge in [-0.05, 0) is 64.3 Å². The summed E-state index contributed by atoms with van der Waals surface area (Å²) in [7, 11) is 0. The van der Waals surface area contributed by atoms with Crippen molar-refractivity contribution in [2.24, 2.45) is 5.10 Å². The summed E-state index contributed by atoms with van der Waals surface area (Å²) < 4.78 is 50.7. The Balaban J connectivity index is 1.72. The summed E-state index contributed by atoms with van der Waals surface area (Å²) in [6.45, 7) is 2.59. The van der Waals surface area contributed by atoms with Crippen LogP contribution in [0, 0.1) is 0 Å². The van der Waals surface area contributed by atoms with Crippen molar-refractivity contribution in [3.63, 3.8) is 0 Å². The molecule has 1 N–H and O–H groups in total. The van der Waals surface area contributed by atoms with Crippen LogP contribution >= 0.6 is 15.9 Å². The second-order valence-electron chi connectivity index (χ2n) is 6.81. The number of amides is 1. The van der Waals surface area contributed by atoms with Crippen molar-refractivity contribution in [1.29, 1.82) is 0 Å². The Hall–Kier alpha value is -3.33. The molecule has 0 unspecified atom stereocenters. The fourth-order valence-corrected chi connectivity index (χ4v) is 3.44. The van der Waals surface area contributed by atoms with Crippen LogP contribution in [0.5, 0.6) is 11.5 Å². The van der Waals surface area contributed by atoms with E-state index in [1.54, 1.807) is 12.1 Å². The first-order valence-corrected chi connectivity index (χ1v) is 10.7. The van der Waals surface area contributed by atoms with Crippen molar-refractivity contribution >= 4 is 28.1 Å². The predicted molar refractivity (Wildman–Crippen MR) is 123 cm³/mol. The number of carbonyl (C=O) groups excluding carboxylic acids is 1. The highest BCUT2D eigenvalue weighted by atomic mass is 79.9. The largest absolute Gasteiger partial charge is 0.490 e. The minimum Gasteiger partial charge on any atom is -0.490 e. The van der Waals surface area contributed by atoms with Gasteiger partial charge in [0, 0.05) is 5.56 Å². The van der Waals surface area contributed by atoms with Crippen LogP contribution < -0.4 is 14.9 Å². The Morgan fingerprint density at radius 3 is 2.52 bits per heavy atom. The third-order valence-corrected chi connectivity index (χ3v) is 4.98. The van der Waals surface area contributed by atoms with E-state index in [2.05, 4.69) is 26.5 Å². The van der Waals surface area contributed by atoms with Crippen LogP contribution in [0.25, 0.3) is 0 Å². The van der Waals surface area contributed by atoms with Crippen molar-refractivity contribution < 1.29 is 27.4 Å². The van der Waals surface area contributed by atoms with Crippen molar-refractivity contribution in [2.45, 2.75) is 19.7 Å². The van der Waals surface area contributed by atoms with E-state index in [9.17, 15) is 18.0 Å². The van der Waals surface area contributed by atoms with Crippen LogP contribution in [0.4, 0.5) is 13.2 Å². The second kappa shape index (κ2) is 11.0. The Kier molecular flexibility index (Phi) is 8.11. The Labute approximate surface area is 197 Å². The van der Waals surface area contributed by atoms with Crippen molar-refractivity contribution in [1.82, 2.24) is 5.43 Å². The summed E-state index contributed by atoms with van der Waals surface area (Å²) in [6, 6.07) is 17.2. The molecule has 0 bridgehead atoms. The molecule has 3 rings (SSSR count). The lowest BCUT2D eigenvalue weighted by molar-refractivity contribution is -0.137. The molecule has 0 saturated heterocycles. The number of hydrogen-bond donors (Lipinski definition) is 1. The van der Waals surface area contributed by atoms with E-state index in [0.717, 1.165) is 17.7 Å². The standard InChI is InChI=1S/C24H20BrF3N2O3/c1-2-32-21-12-17(11-20(25)22(21)33-15-16-7-4-3-5-8-16)14-29-30-23(31)18-9-6-10-19(13-18)24(26,27)28/h3-14H,2,15H2,1H3,(H,30,31). The number of nitrogens with one attached hydrogen (secondary N) is 1. The summed E-state index contributed by atoms with van der Waals surface area (Å²) >= 11 is 3.47. The highest BCUT2D eigenvalue weighted by Crippen LogP contribution is 2.37. The van der Waals surface area contributed by atoms with E-state index >= 15 is 0 Å². The second-order valence-corrected chi connectivity index (χ2v) is 7.67. The lowest BCUT2D eigenvalue weighted by atomic mass is 10.1. The summed E-state index contributed by atoms with van der Waals surface area (Å²) in [6.07, 6.45) is -3.17. The summed E-state index contributed by atoms with van der Waals surface area (Å²) in [5.41, 5.74) is 2.76. The van der Waals surface area contributed by atoms with Gasteiger partial charge in [0.15, 0.2) is 11.5 Å². The van der Waals surface area contributed by atoms with Crippen LogP contribution in [-0.2, 0) is 12.8 Å². The van der Waals surface area contributed by atoms with Crippen LogP contribution in [-0.4, -0.2) is 18.7 Å². The minimum atomic E-state index is -4.54. The number of halogens is 4. The number of carbonyl (C=O) groups is 1. The molecule has 0 fully saturated rings. The first-order chi connectivity index (χ1) is 15.8. The van der Waals surface area contributed by atoms with Gasteiger partial charge in [-0.1, -0.05) is 36.4 Å². The van der Waals surface area contributed by atoms with E-state index in [-0.39, 0.29) is 5.56 Å². The quantitative estimate of drug-likeness (QED) is 0.283. The number of nitrogens with zero attached hydrogens (tertiary/aromatic N) is 1. The lowest BCUT2D eigenvalue weighted by Crippen LogP contribution is -2.18. The van der Waals surface area contributed by atoms with Crippen LogP contribution in [0.15, 0.2) is 76.3 Å². The number of hydrogen-bond acceptors (Lipinski definition) is 4. The molecule has 5 nitrogen and oxygen atoms in total. The Bertz CT molecular complexity index is 1140. The highest BCUT2D eigenvalue weighted by Gasteiger charge is 2.30. The molecule has 0 atom stereocenters. The summed E-state index contributed by atoms with van der Waals surface area (Å²) in [5, 5.41) is 3.85. The number of hydrazone groups is 1. The van der Waals surface area contributed by atoms with E-state index in [4.69, 9.17) is 9.47 Å². The smallest absolute Gasteiger partial charge is 0.416 e. The minimum absolute atomic E-state index is 0.150. The van der Waals surface area contributed by atoms with Crippen molar-refractivity contribution in [2.75, 3.05) is 6.61 Å². The summed E-state index contributed by atoms with van der Waals surface area (Å²) in [4.78, 5) is 12.2. The molecular formula is C24H20BrF3N2O3. The molecule has 33 heavy (non-hydrogen) atoms. The monoisotopic (exact) mass is 520 g/mol. The predicted octanol–water partition coefficient (Wildman–Crippen LogP) is 6.21. The topological polar surface area (TPSA) is 59.9 Å². The molecule has 3 aromatic rings. The fourth-order valence-electron chi connectivity index (χ4n) is 2.86. The Morgan fingerprint density at radius 2 is 1.82 bits per heavy atom. The Morgan fingerprint density at radius 1 is 1.06 bits per heavy atom. The average Bonchev–Trinajstić information content (AvgIpc) is 2.79. The van der Waals surface area contributed by atoms with E-state index in [1.807, 2.05) is 37.3 Å². The zero-order chi connectivity index (χ0) is 23.8. The molecule has 0 spiro atoms. The number of benzene rings is 3. The number of alkyl halides is 3. The molecule has 0 radical (unpaired) electrons. The SMILES string of the molecule is CCOc1cc(C=NNC(=O)c2cccc(C(F)(F)F)c2)cc(Br)c1OCc1ccccc1. The molecule has 0 aromatic heterocycles. The third kappa shape index (κ3) is 6.82. The first kappa shape index (κ1) is 24.3. The molecule has 3 aromatic carbocycles. The molecule has 0 heterocycles. The molecule has 0 aliphatic rings. The number of ether oxygens (including phenoxy) is 2. The average molecular weight is 521 g/mol. The first-order valence-electron chi connectivity index (χ1n) is 9.91. The summed E-state index contributed by atoms with van der Waals surface area (Å²) in [5.74, 6) is 0.239. The zero-order valence-corrected chi connectivity index (χ0v) is 19.1. The van der Waals surface area contributed by atoms with Gasteiger partial charge in [-0.3, -0.25) is 4.79 Å². The van der Waals surface area contributed by atoms with Gasteiger partial charge in [-0.2, -0.15) is 18.3 Å². The third-order valence-electron chi connectivity index (χ3n) is 4.39. The van der Waals surface area contributed by atoms with Crippen LogP contribution in [0.3, 0.4) is 0 Å². The fraction of sp³-hybridized carbons (Fsp3) is 0.167. The lowest BCUT2D eigenvalue weighted by Gasteiger charge is -2.14. The van der Waals surface area contributed by atoms with Gasteiger partial charge in [0.05, 0.1) is 22.9 Å². The maximum absolute atomic E-state index is 12.8. The van der Waals surface area contributed by atoms with Gasteiger partial charge < -0.3 is 9.47 Å². The highest BCUT2D eigenvalue weighted by molar-refractivity contribution is 9.10. The van der Waals surface area contributed by atoms with Crippen molar-refractivity contribution in [3.8, 4) is 11.5 Å². The zero-order valence-electron chi connectivity index (χ0n) is 17.5.